The molecule has 0 amide bonds. The van der Waals surface area contributed by atoms with Crippen molar-refractivity contribution in [3.63, 3.8) is 0 Å². The Morgan fingerprint density at radius 3 is 2.45 bits per heavy atom. The smallest absolute Gasteiger partial charge is 0.387 e. The van der Waals surface area contributed by atoms with Crippen LogP contribution in [0.5, 0.6) is 11.5 Å². The van der Waals surface area contributed by atoms with E-state index in [1.165, 1.54) is 13.2 Å². The van der Waals surface area contributed by atoms with E-state index in [1.807, 2.05) is 11.9 Å². The van der Waals surface area contributed by atoms with Gasteiger partial charge in [-0.15, -0.1) is 0 Å². The van der Waals surface area contributed by atoms with Crippen molar-refractivity contribution < 1.29 is 23.4 Å². The second-order valence-corrected chi connectivity index (χ2v) is 5.35. The summed E-state index contributed by atoms with van der Waals surface area (Å²) < 4.78 is 33.8. The molecule has 0 saturated heterocycles. The highest BCUT2D eigenvalue weighted by Crippen LogP contribution is 2.29. The predicted molar refractivity (Wildman–Crippen MR) is 72.3 cm³/mol. The van der Waals surface area contributed by atoms with E-state index >= 15 is 0 Å². The summed E-state index contributed by atoms with van der Waals surface area (Å²) in [4.78, 5) is 1.93. The van der Waals surface area contributed by atoms with Gasteiger partial charge >= 0.3 is 6.61 Å². The highest BCUT2D eigenvalue weighted by molar-refractivity contribution is 5.43. The third-order valence-corrected chi connectivity index (χ3v) is 2.55. The fourth-order valence-corrected chi connectivity index (χ4v) is 2.03. The summed E-state index contributed by atoms with van der Waals surface area (Å²) in [7, 11) is 3.27. The first kappa shape index (κ1) is 16.7. The van der Waals surface area contributed by atoms with Gasteiger partial charge in [-0.25, -0.2) is 0 Å². The zero-order chi connectivity index (χ0) is 15.3. The lowest BCUT2D eigenvalue weighted by Gasteiger charge is -2.25. The van der Waals surface area contributed by atoms with Gasteiger partial charge in [0.1, 0.15) is 0 Å². The second-order valence-electron chi connectivity index (χ2n) is 5.35. The molecule has 6 heteroatoms. The maximum absolute atomic E-state index is 12.2. The molecule has 0 aliphatic carbocycles. The number of benzene rings is 1. The minimum absolute atomic E-state index is 0.0105. The molecule has 4 nitrogen and oxygen atoms in total. The van der Waals surface area contributed by atoms with Crippen molar-refractivity contribution in [3.05, 3.63) is 23.8 Å². The number of hydrogen-bond donors (Lipinski definition) is 1. The number of ether oxygens (including phenoxy) is 2. The fourth-order valence-electron chi connectivity index (χ4n) is 2.03. The number of likely N-dealkylation sites (N-methyl/N-ethyl adjacent to an activating group) is 1. The van der Waals surface area contributed by atoms with E-state index in [-0.39, 0.29) is 11.5 Å². The number of hydrogen-bond acceptors (Lipinski definition) is 4. The minimum atomic E-state index is -2.88. The zero-order valence-corrected chi connectivity index (χ0v) is 12.2. The third-order valence-electron chi connectivity index (χ3n) is 2.55. The molecule has 114 valence electrons. The molecule has 1 aromatic carbocycles. The monoisotopic (exact) mass is 289 g/mol. The lowest BCUT2D eigenvalue weighted by atomic mass is 10.1. The standard InChI is InChI=1S/C14H21F2NO3/c1-14(2,18)9-17(3)8-10-5-6-11(20-13(15)16)12(7-10)19-4/h5-7,13,18H,8-9H2,1-4H3. The van der Waals surface area contributed by atoms with E-state index in [9.17, 15) is 13.9 Å². The first-order valence-electron chi connectivity index (χ1n) is 6.24. The molecule has 1 rings (SSSR count). The number of aliphatic hydroxyl groups is 1. The van der Waals surface area contributed by atoms with Crippen LogP contribution in [-0.4, -0.2) is 42.9 Å². The largest absolute Gasteiger partial charge is 0.493 e. The van der Waals surface area contributed by atoms with Crippen LogP contribution in [0.25, 0.3) is 0 Å². The average Bonchev–Trinajstić information content (AvgIpc) is 2.27. The van der Waals surface area contributed by atoms with Gasteiger partial charge in [-0.3, -0.25) is 4.90 Å². The van der Waals surface area contributed by atoms with Crippen molar-refractivity contribution in [3.8, 4) is 11.5 Å². The molecular formula is C14H21F2NO3. The van der Waals surface area contributed by atoms with E-state index in [0.29, 0.717) is 13.1 Å². The SMILES string of the molecule is COc1cc(CN(C)CC(C)(C)O)ccc1OC(F)F. The molecule has 1 aromatic rings. The maximum Gasteiger partial charge on any atom is 0.387 e. The van der Waals surface area contributed by atoms with Gasteiger partial charge in [0.25, 0.3) is 0 Å². The number of rotatable bonds is 7. The van der Waals surface area contributed by atoms with Crippen LogP contribution in [0.2, 0.25) is 0 Å². The van der Waals surface area contributed by atoms with Gasteiger partial charge < -0.3 is 14.6 Å². The minimum Gasteiger partial charge on any atom is -0.493 e. The van der Waals surface area contributed by atoms with Crippen LogP contribution >= 0.6 is 0 Å². The number of nitrogens with zero attached hydrogens (tertiary/aromatic N) is 1. The Balaban J connectivity index is 2.77. The predicted octanol–water partition coefficient (Wildman–Crippen LogP) is 2.50. The van der Waals surface area contributed by atoms with Gasteiger partial charge in [0, 0.05) is 13.1 Å². The van der Waals surface area contributed by atoms with Crippen LogP contribution in [0, 0.1) is 0 Å². The molecule has 0 bridgehead atoms. The van der Waals surface area contributed by atoms with E-state index in [2.05, 4.69) is 4.74 Å². The normalized spacial score (nSPS) is 12.1. The average molecular weight is 289 g/mol. The Morgan fingerprint density at radius 1 is 1.30 bits per heavy atom. The van der Waals surface area contributed by atoms with Crippen molar-refractivity contribution in [1.82, 2.24) is 4.90 Å². The van der Waals surface area contributed by atoms with Gasteiger partial charge in [-0.05, 0) is 38.6 Å². The van der Waals surface area contributed by atoms with Crippen LogP contribution in [0.15, 0.2) is 18.2 Å². The van der Waals surface area contributed by atoms with Crippen LogP contribution < -0.4 is 9.47 Å². The van der Waals surface area contributed by atoms with Gasteiger partial charge in [-0.1, -0.05) is 6.07 Å². The quantitative estimate of drug-likeness (QED) is 0.837. The van der Waals surface area contributed by atoms with Crippen LogP contribution in [0.4, 0.5) is 8.78 Å². The molecule has 20 heavy (non-hydrogen) atoms. The summed E-state index contributed by atoms with van der Waals surface area (Å²) in [5, 5.41) is 9.74. The second kappa shape index (κ2) is 6.85. The van der Waals surface area contributed by atoms with Crippen molar-refractivity contribution in [1.29, 1.82) is 0 Å². The highest BCUT2D eigenvalue weighted by atomic mass is 19.3. The Bertz CT molecular complexity index is 433. The van der Waals surface area contributed by atoms with Crippen LogP contribution in [0.1, 0.15) is 19.4 Å². The summed E-state index contributed by atoms with van der Waals surface area (Å²) in [6.07, 6.45) is 0. The number of halogens is 2. The maximum atomic E-state index is 12.2. The summed E-state index contributed by atoms with van der Waals surface area (Å²) in [6.45, 7) is 1.63. The topological polar surface area (TPSA) is 41.9 Å². The van der Waals surface area contributed by atoms with Gasteiger partial charge in [-0.2, -0.15) is 8.78 Å². The fraction of sp³-hybridized carbons (Fsp3) is 0.571. The molecule has 0 spiro atoms. The lowest BCUT2D eigenvalue weighted by molar-refractivity contribution is -0.0512. The Labute approximate surface area is 117 Å². The van der Waals surface area contributed by atoms with E-state index in [4.69, 9.17) is 4.74 Å². The van der Waals surface area contributed by atoms with Gasteiger partial charge in [0.2, 0.25) is 0 Å². The first-order chi connectivity index (χ1) is 9.21. The van der Waals surface area contributed by atoms with Gasteiger partial charge in [0.15, 0.2) is 11.5 Å². The molecule has 0 aromatic heterocycles. The van der Waals surface area contributed by atoms with Crippen LogP contribution in [0.3, 0.4) is 0 Å². The highest BCUT2D eigenvalue weighted by Gasteiger charge is 2.16. The third kappa shape index (κ3) is 5.71. The number of methoxy groups -OCH3 is 1. The molecule has 0 aliphatic rings. The van der Waals surface area contributed by atoms with Crippen molar-refractivity contribution in [2.24, 2.45) is 0 Å². The molecule has 0 radical (unpaired) electrons. The number of alkyl halides is 2. The molecule has 0 saturated carbocycles. The first-order valence-corrected chi connectivity index (χ1v) is 6.24. The van der Waals surface area contributed by atoms with E-state index in [0.717, 1.165) is 5.56 Å². The van der Waals surface area contributed by atoms with E-state index in [1.54, 1.807) is 26.0 Å². The van der Waals surface area contributed by atoms with Crippen molar-refractivity contribution >= 4 is 0 Å². The summed E-state index contributed by atoms with van der Waals surface area (Å²) in [6, 6.07) is 4.80. The molecule has 0 unspecified atom stereocenters. The Morgan fingerprint density at radius 2 is 1.95 bits per heavy atom. The Hall–Kier alpha value is -1.40. The lowest BCUT2D eigenvalue weighted by Crippen LogP contribution is -2.35. The summed E-state index contributed by atoms with van der Waals surface area (Å²) in [5.41, 5.74) is 0.0904. The zero-order valence-electron chi connectivity index (χ0n) is 12.2. The molecule has 0 heterocycles. The summed E-state index contributed by atoms with van der Waals surface area (Å²) in [5.74, 6) is 0.274. The molecule has 0 fully saturated rings. The molecule has 0 atom stereocenters. The van der Waals surface area contributed by atoms with Crippen LogP contribution in [-0.2, 0) is 6.54 Å². The molecular weight excluding hydrogens is 268 g/mol. The molecule has 0 aliphatic heterocycles. The van der Waals surface area contributed by atoms with Crippen molar-refractivity contribution in [2.45, 2.75) is 32.6 Å². The van der Waals surface area contributed by atoms with Gasteiger partial charge in [0.05, 0.1) is 12.7 Å². The van der Waals surface area contributed by atoms with Crippen molar-refractivity contribution in [2.75, 3.05) is 20.7 Å². The summed E-state index contributed by atoms with van der Waals surface area (Å²) >= 11 is 0. The molecule has 1 N–H and O–H groups in total. The Kier molecular flexibility index (Phi) is 5.71. The van der Waals surface area contributed by atoms with E-state index < -0.39 is 12.2 Å².